The summed E-state index contributed by atoms with van der Waals surface area (Å²) in [4.78, 5) is 39.2. The quantitative estimate of drug-likeness (QED) is 0.700. The van der Waals surface area contributed by atoms with Crippen LogP contribution in [0.4, 0.5) is 0 Å². The number of aromatic nitrogens is 1. The number of carboxylic acid groups (broad SMARTS) is 1. The van der Waals surface area contributed by atoms with Crippen LogP contribution in [0.2, 0.25) is 0 Å². The van der Waals surface area contributed by atoms with Crippen LogP contribution >= 0.6 is 0 Å². The number of nitrogens with two attached hydrogens (primary N) is 1. The summed E-state index contributed by atoms with van der Waals surface area (Å²) in [5, 5.41) is 10.3. The molecule has 114 valence electrons. The second-order valence-electron chi connectivity index (χ2n) is 5.33. The van der Waals surface area contributed by atoms with E-state index in [4.69, 9.17) is 5.73 Å². The van der Waals surface area contributed by atoms with Crippen molar-refractivity contribution in [2.45, 2.75) is 24.9 Å². The Hall–Kier alpha value is -2.67. The first-order valence-corrected chi connectivity index (χ1v) is 6.88. The lowest BCUT2D eigenvalue weighted by Crippen LogP contribution is -2.47. The topological polar surface area (TPSA) is 116 Å². The van der Waals surface area contributed by atoms with Gasteiger partial charge in [0, 0.05) is 23.5 Å². The lowest BCUT2D eigenvalue weighted by atomic mass is 10.0. The third-order valence-electron chi connectivity index (χ3n) is 3.90. The molecule has 0 bridgehead atoms. The molecule has 2 heterocycles. The van der Waals surface area contributed by atoms with Gasteiger partial charge in [0.05, 0.1) is 12.5 Å². The van der Waals surface area contributed by atoms with E-state index in [1.807, 2.05) is 24.3 Å². The third-order valence-corrected chi connectivity index (χ3v) is 3.90. The zero-order valence-electron chi connectivity index (χ0n) is 11.7. The summed E-state index contributed by atoms with van der Waals surface area (Å²) < 4.78 is 0. The smallest absolute Gasteiger partial charge is 0.327 e. The molecule has 1 fully saturated rings. The maximum atomic E-state index is 12.0. The summed E-state index contributed by atoms with van der Waals surface area (Å²) >= 11 is 0. The number of hydrogen-bond donors (Lipinski definition) is 3. The van der Waals surface area contributed by atoms with Crippen LogP contribution in [0.3, 0.4) is 0 Å². The molecule has 1 aliphatic rings. The molecule has 2 atom stereocenters. The maximum absolute atomic E-state index is 12.0. The zero-order chi connectivity index (χ0) is 15.9. The number of carboxylic acids is 1. The van der Waals surface area contributed by atoms with Gasteiger partial charge in [-0.2, -0.15) is 0 Å². The lowest BCUT2D eigenvalue weighted by molar-refractivity contribution is -0.154. The minimum atomic E-state index is -1.24. The molecule has 0 radical (unpaired) electrons. The minimum absolute atomic E-state index is 0.0452. The Morgan fingerprint density at radius 3 is 2.77 bits per heavy atom. The Bertz CT molecular complexity index is 767. The molecule has 2 aromatic rings. The van der Waals surface area contributed by atoms with Gasteiger partial charge in [0.25, 0.3) is 0 Å². The highest BCUT2D eigenvalue weighted by Gasteiger charge is 2.43. The summed E-state index contributed by atoms with van der Waals surface area (Å²) in [5.41, 5.74) is 7.16. The van der Waals surface area contributed by atoms with Gasteiger partial charge in [-0.05, 0) is 11.6 Å². The van der Waals surface area contributed by atoms with Crippen molar-refractivity contribution in [3.63, 3.8) is 0 Å². The van der Waals surface area contributed by atoms with E-state index in [2.05, 4.69) is 4.98 Å². The van der Waals surface area contributed by atoms with Crippen LogP contribution in [0.15, 0.2) is 30.5 Å². The average molecular weight is 301 g/mol. The fraction of sp³-hybridized carbons (Fsp3) is 0.267. The van der Waals surface area contributed by atoms with Crippen molar-refractivity contribution < 1.29 is 19.5 Å². The molecule has 0 aliphatic carbocycles. The monoisotopic (exact) mass is 301 g/mol. The van der Waals surface area contributed by atoms with Gasteiger partial charge >= 0.3 is 5.97 Å². The molecule has 2 unspecified atom stereocenters. The van der Waals surface area contributed by atoms with Gasteiger partial charge in [-0.3, -0.25) is 14.5 Å². The van der Waals surface area contributed by atoms with Gasteiger partial charge < -0.3 is 15.8 Å². The average Bonchev–Trinajstić information content (AvgIpc) is 2.99. The van der Waals surface area contributed by atoms with Gasteiger partial charge in [0.1, 0.15) is 6.04 Å². The van der Waals surface area contributed by atoms with Gasteiger partial charge in [-0.25, -0.2) is 4.79 Å². The zero-order valence-corrected chi connectivity index (χ0v) is 11.7. The van der Waals surface area contributed by atoms with Crippen LogP contribution < -0.4 is 5.73 Å². The number of hydrogen-bond acceptors (Lipinski definition) is 4. The van der Waals surface area contributed by atoms with Gasteiger partial charge in [0.2, 0.25) is 11.8 Å². The van der Waals surface area contributed by atoms with Gasteiger partial charge in [-0.1, -0.05) is 18.2 Å². The molecule has 4 N–H and O–H groups in total. The number of amides is 2. The molecule has 1 aromatic carbocycles. The number of nitrogens with zero attached hydrogens (tertiary/aromatic N) is 1. The molecule has 0 spiro atoms. The number of imide groups is 1. The molecule has 3 rings (SSSR count). The highest BCUT2D eigenvalue weighted by atomic mass is 16.4. The number of fused-ring (bicyclic) bond motifs is 1. The van der Waals surface area contributed by atoms with E-state index in [0.29, 0.717) is 0 Å². The van der Waals surface area contributed by atoms with E-state index in [0.717, 1.165) is 21.4 Å². The van der Waals surface area contributed by atoms with Crippen LogP contribution in [-0.4, -0.2) is 44.9 Å². The number of carbonyl (C=O) groups excluding carboxylic acids is 2. The van der Waals surface area contributed by atoms with Crippen LogP contribution in [0.5, 0.6) is 0 Å². The van der Waals surface area contributed by atoms with Crippen LogP contribution in [-0.2, 0) is 20.8 Å². The fourth-order valence-electron chi connectivity index (χ4n) is 2.80. The number of aromatic amines is 1. The summed E-state index contributed by atoms with van der Waals surface area (Å²) in [7, 11) is 0. The van der Waals surface area contributed by atoms with Crippen molar-refractivity contribution in [3.8, 4) is 0 Å². The van der Waals surface area contributed by atoms with Crippen molar-refractivity contribution in [3.05, 3.63) is 36.0 Å². The summed E-state index contributed by atoms with van der Waals surface area (Å²) in [5.74, 6) is -2.39. The predicted octanol–water partition coefficient (Wildman–Crippen LogP) is 0.250. The van der Waals surface area contributed by atoms with E-state index in [1.54, 1.807) is 6.20 Å². The number of rotatable bonds is 4. The molecule has 7 heteroatoms. The standard InChI is InChI=1S/C15H15N3O4/c16-10-6-13(19)18(14(10)20)12(15(21)22)5-8-7-17-11-4-2-1-3-9(8)11/h1-4,7,10,12,17H,5-6,16H2,(H,21,22). The van der Waals surface area contributed by atoms with Crippen molar-refractivity contribution in [1.82, 2.24) is 9.88 Å². The van der Waals surface area contributed by atoms with Crippen molar-refractivity contribution in [2.75, 3.05) is 0 Å². The first kappa shape index (κ1) is 14.3. The molecule has 1 saturated heterocycles. The van der Waals surface area contributed by atoms with Crippen LogP contribution in [0, 0.1) is 0 Å². The third kappa shape index (κ3) is 2.25. The maximum Gasteiger partial charge on any atom is 0.327 e. The largest absolute Gasteiger partial charge is 0.480 e. The fourth-order valence-corrected chi connectivity index (χ4v) is 2.80. The first-order chi connectivity index (χ1) is 10.5. The highest BCUT2D eigenvalue weighted by Crippen LogP contribution is 2.23. The Balaban J connectivity index is 1.94. The van der Waals surface area contributed by atoms with E-state index in [1.165, 1.54) is 0 Å². The normalized spacial score (nSPS) is 19.9. The summed E-state index contributed by atoms with van der Waals surface area (Å²) in [6, 6.07) is 5.25. The van der Waals surface area contributed by atoms with Crippen molar-refractivity contribution >= 4 is 28.7 Å². The predicted molar refractivity (Wildman–Crippen MR) is 77.9 cm³/mol. The summed E-state index contributed by atoms with van der Waals surface area (Å²) in [6.07, 6.45) is 1.60. The molecule has 7 nitrogen and oxygen atoms in total. The highest BCUT2D eigenvalue weighted by molar-refractivity contribution is 6.08. The SMILES string of the molecule is NC1CC(=O)N(C(Cc2c[nH]c3ccccc23)C(=O)O)C1=O. The van der Waals surface area contributed by atoms with Gasteiger partial charge in [0.15, 0.2) is 0 Å². The Kier molecular flexibility index (Phi) is 3.42. The van der Waals surface area contributed by atoms with Gasteiger partial charge in [-0.15, -0.1) is 0 Å². The molecule has 2 amide bonds. The molecule has 1 aliphatic heterocycles. The molecule has 0 saturated carbocycles. The number of likely N-dealkylation sites (tertiary alicyclic amines) is 1. The van der Waals surface area contributed by atoms with Crippen molar-refractivity contribution in [2.24, 2.45) is 5.73 Å². The van der Waals surface area contributed by atoms with E-state index in [9.17, 15) is 19.5 Å². The van der Waals surface area contributed by atoms with Crippen molar-refractivity contribution in [1.29, 1.82) is 0 Å². The number of aliphatic carboxylic acids is 1. The Labute approximate surface area is 125 Å². The molecular weight excluding hydrogens is 286 g/mol. The summed E-state index contributed by atoms with van der Waals surface area (Å²) in [6.45, 7) is 0. The number of para-hydroxylation sites is 1. The second-order valence-corrected chi connectivity index (χ2v) is 5.33. The number of carbonyl (C=O) groups is 3. The van der Waals surface area contributed by atoms with Crippen LogP contribution in [0.25, 0.3) is 10.9 Å². The van der Waals surface area contributed by atoms with E-state index in [-0.39, 0.29) is 12.8 Å². The van der Waals surface area contributed by atoms with Crippen LogP contribution in [0.1, 0.15) is 12.0 Å². The second kappa shape index (κ2) is 5.27. The first-order valence-electron chi connectivity index (χ1n) is 6.88. The number of nitrogens with one attached hydrogen (secondary N) is 1. The molecule has 1 aromatic heterocycles. The number of benzene rings is 1. The lowest BCUT2D eigenvalue weighted by Gasteiger charge is -2.22. The van der Waals surface area contributed by atoms with E-state index < -0.39 is 29.9 Å². The molecule has 22 heavy (non-hydrogen) atoms. The molecular formula is C15H15N3O4. The minimum Gasteiger partial charge on any atom is -0.480 e. The number of H-pyrrole nitrogens is 1. The Morgan fingerprint density at radius 2 is 2.14 bits per heavy atom. The Morgan fingerprint density at radius 1 is 1.41 bits per heavy atom. The van der Waals surface area contributed by atoms with E-state index >= 15 is 0 Å².